The molecule has 79 heavy (non-hydrogen) atoms. The van der Waals surface area contributed by atoms with Crippen LogP contribution in [0.5, 0.6) is 0 Å². The molecule has 0 saturated heterocycles. The summed E-state index contributed by atoms with van der Waals surface area (Å²) in [5, 5.41) is 0. The lowest BCUT2D eigenvalue weighted by atomic mass is 10.0. The molecular weight excluding hydrogens is 973 g/mol. The Kier molecular flexibility index (Phi) is 64.2. The Morgan fingerprint density at radius 1 is 0.266 bits per heavy atom. The van der Waals surface area contributed by atoms with E-state index in [0.29, 0.717) is 19.3 Å². The van der Waals surface area contributed by atoms with Crippen molar-refractivity contribution in [2.75, 3.05) is 13.2 Å². The lowest BCUT2D eigenvalue weighted by Crippen LogP contribution is -2.30. The lowest BCUT2D eigenvalue weighted by Gasteiger charge is -2.18. The average molecular weight is 1100 g/mol. The van der Waals surface area contributed by atoms with Crippen LogP contribution in [0.1, 0.15) is 342 Å². The molecule has 0 aliphatic heterocycles. The first-order valence-electron chi connectivity index (χ1n) is 34.1. The van der Waals surface area contributed by atoms with Gasteiger partial charge in [-0.15, -0.1) is 0 Å². The standard InChI is InChI=1S/C73H128O6/c1-4-7-10-13-16-19-22-25-27-29-30-31-32-33-34-35-36-37-38-39-40-41-42-43-44-45-47-48-51-54-57-60-63-66-72(75)78-69-70(68-77-71(74)65-62-59-56-53-50-24-21-18-15-12-9-6-3)79-73(76)67-64-61-58-55-52-49-46-28-26-23-20-17-14-11-8-5-2/h7,10,16,18-21,23,25,27-28,30-31,46,70H,4-6,8-9,11-15,17,22,24,26,29,32-45,47-69H2,1-3H3/b10-7-,19-16-,21-18-,23-20-,27-25-,31-30-,46-28-. The van der Waals surface area contributed by atoms with Gasteiger partial charge in [-0.25, -0.2) is 0 Å². The maximum Gasteiger partial charge on any atom is 0.306 e. The fourth-order valence-electron chi connectivity index (χ4n) is 9.76. The number of esters is 3. The Morgan fingerprint density at radius 2 is 0.494 bits per heavy atom. The SMILES string of the molecule is CC/C=C\C/C=C\C/C=C\C/C=C\CCCCCCCCCCCCCCCCCCCCCCC(=O)OCC(COC(=O)CCCCCCC/C=C\CCCCC)OC(=O)CCCCCCC/C=C\C/C=C\CCCCCC. The van der Waals surface area contributed by atoms with Crippen LogP contribution in [0.25, 0.3) is 0 Å². The Morgan fingerprint density at radius 3 is 0.810 bits per heavy atom. The largest absolute Gasteiger partial charge is 0.462 e. The number of rotatable bonds is 62. The summed E-state index contributed by atoms with van der Waals surface area (Å²) in [6.45, 7) is 6.50. The number of hydrogen-bond donors (Lipinski definition) is 0. The van der Waals surface area contributed by atoms with Crippen LogP contribution in [0.15, 0.2) is 85.1 Å². The van der Waals surface area contributed by atoms with Crippen LogP contribution in [0, 0.1) is 0 Å². The van der Waals surface area contributed by atoms with E-state index in [9.17, 15) is 14.4 Å². The summed E-state index contributed by atoms with van der Waals surface area (Å²) in [5.74, 6) is -0.889. The fraction of sp³-hybridized carbons (Fsp3) is 0.767. The van der Waals surface area contributed by atoms with E-state index in [1.807, 2.05) is 0 Å². The van der Waals surface area contributed by atoms with Gasteiger partial charge in [0.1, 0.15) is 13.2 Å². The zero-order valence-corrected chi connectivity index (χ0v) is 52.4. The third-order valence-electron chi connectivity index (χ3n) is 14.9. The minimum Gasteiger partial charge on any atom is -0.462 e. The second kappa shape index (κ2) is 67.1. The molecule has 6 heteroatoms. The molecule has 0 aliphatic carbocycles. The molecule has 456 valence electrons. The zero-order valence-electron chi connectivity index (χ0n) is 52.4. The molecule has 0 heterocycles. The summed E-state index contributed by atoms with van der Waals surface area (Å²) in [5.41, 5.74) is 0. The van der Waals surface area contributed by atoms with Crippen molar-refractivity contribution in [2.24, 2.45) is 0 Å². The van der Waals surface area contributed by atoms with Crippen molar-refractivity contribution in [3.8, 4) is 0 Å². The number of allylic oxidation sites excluding steroid dienone is 14. The van der Waals surface area contributed by atoms with Crippen molar-refractivity contribution in [1.82, 2.24) is 0 Å². The van der Waals surface area contributed by atoms with Crippen LogP contribution in [-0.4, -0.2) is 37.2 Å². The van der Waals surface area contributed by atoms with Crippen molar-refractivity contribution in [3.05, 3.63) is 85.1 Å². The van der Waals surface area contributed by atoms with E-state index in [0.717, 1.165) is 116 Å². The molecule has 0 rings (SSSR count). The van der Waals surface area contributed by atoms with Gasteiger partial charge in [0.15, 0.2) is 6.10 Å². The molecule has 1 atom stereocenters. The normalized spacial score (nSPS) is 12.6. The van der Waals surface area contributed by atoms with Gasteiger partial charge in [-0.3, -0.25) is 14.4 Å². The molecule has 0 aromatic heterocycles. The summed E-state index contributed by atoms with van der Waals surface area (Å²) < 4.78 is 16.9. The van der Waals surface area contributed by atoms with Crippen LogP contribution >= 0.6 is 0 Å². The third-order valence-corrected chi connectivity index (χ3v) is 14.9. The summed E-state index contributed by atoms with van der Waals surface area (Å²) in [4.78, 5) is 38.3. The molecule has 0 spiro atoms. The number of ether oxygens (including phenoxy) is 3. The highest BCUT2D eigenvalue weighted by Crippen LogP contribution is 2.17. The molecule has 0 saturated carbocycles. The van der Waals surface area contributed by atoms with Gasteiger partial charge in [-0.1, -0.05) is 292 Å². The molecule has 0 fully saturated rings. The second-order valence-electron chi connectivity index (χ2n) is 22.7. The monoisotopic (exact) mass is 1100 g/mol. The van der Waals surface area contributed by atoms with E-state index in [1.54, 1.807) is 0 Å². The molecule has 0 N–H and O–H groups in total. The predicted octanol–water partition coefficient (Wildman–Crippen LogP) is 23.4. The molecule has 0 amide bonds. The average Bonchev–Trinajstić information content (AvgIpc) is 3.45. The fourth-order valence-corrected chi connectivity index (χ4v) is 9.76. The Balaban J connectivity index is 4.13. The van der Waals surface area contributed by atoms with Gasteiger partial charge >= 0.3 is 17.9 Å². The minimum absolute atomic E-state index is 0.0809. The van der Waals surface area contributed by atoms with E-state index >= 15 is 0 Å². The number of carbonyl (C=O) groups is 3. The molecule has 1 unspecified atom stereocenters. The zero-order chi connectivity index (χ0) is 57.1. The van der Waals surface area contributed by atoms with Gasteiger partial charge < -0.3 is 14.2 Å². The van der Waals surface area contributed by atoms with Crippen LogP contribution in [-0.2, 0) is 28.6 Å². The topological polar surface area (TPSA) is 78.9 Å². The molecule has 0 aliphatic rings. The van der Waals surface area contributed by atoms with E-state index in [4.69, 9.17) is 14.2 Å². The first-order chi connectivity index (χ1) is 39.0. The van der Waals surface area contributed by atoms with E-state index in [1.165, 1.54) is 186 Å². The first-order valence-corrected chi connectivity index (χ1v) is 34.1. The van der Waals surface area contributed by atoms with Crippen molar-refractivity contribution >= 4 is 17.9 Å². The number of unbranched alkanes of at least 4 members (excludes halogenated alkanes) is 37. The van der Waals surface area contributed by atoms with Gasteiger partial charge in [0.05, 0.1) is 0 Å². The molecule has 0 aromatic carbocycles. The maximum absolute atomic E-state index is 12.9. The van der Waals surface area contributed by atoms with Crippen LogP contribution in [0.3, 0.4) is 0 Å². The van der Waals surface area contributed by atoms with Crippen LogP contribution < -0.4 is 0 Å². The van der Waals surface area contributed by atoms with E-state index < -0.39 is 6.10 Å². The number of hydrogen-bond acceptors (Lipinski definition) is 6. The summed E-state index contributed by atoms with van der Waals surface area (Å²) in [6.07, 6.45) is 89.0. The Bertz CT molecular complexity index is 1500. The van der Waals surface area contributed by atoms with Crippen molar-refractivity contribution in [3.63, 3.8) is 0 Å². The lowest BCUT2D eigenvalue weighted by molar-refractivity contribution is -0.167. The van der Waals surface area contributed by atoms with Crippen molar-refractivity contribution < 1.29 is 28.6 Å². The van der Waals surface area contributed by atoms with Gasteiger partial charge in [0, 0.05) is 19.3 Å². The first kappa shape index (κ1) is 75.6. The van der Waals surface area contributed by atoms with Crippen LogP contribution in [0.2, 0.25) is 0 Å². The van der Waals surface area contributed by atoms with E-state index in [-0.39, 0.29) is 31.1 Å². The molecule has 0 aromatic rings. The van der Waals surface area contributed by atoms with Gasteiger partial charge in [0.25, 0.3) is 0 Å². The molecule has 6 nitrogen and oxygen atoms in total. The molecule has 0 bridgehead atoms. The van der Waals surface area contributed by atoms with Gasteiger partial charge in [0.2, 0.25) is 0 Å². The minimum atomic E-state index is -0.785. The molecular formula is C73H128O6. The van der Waals surface area contributed by atoms with Gasteiger partial charge in [-0.2, -0.15) is 0 Å². The summed E-state index contributed by atoms with van der Waals surface area (Å²) in [7, 11) is 0. The van der Waals surface area contributed by atoms with E-state index in [2.05, 4.69) is 106 Å². The smallest absolute Gasteiger partial charge is 0.306 e. The van der Waals surface area contributed by atoms with Gasteiger partial charge in [-0.05, 0) is 116 Å². The summed E-state index contributed by atoms with van der Waals surface area (Å²) in [6, 6.07) is 0. The third kappa shape index (κ3) is 65.3. The Hall–Kier alpha value is -3.41. The highest BCUT2D eigenvalue weighted by Gasteiger charge is 2.19. The predicted molar refractivity (Wildman–Crippen MR) is 344 cm³/mol. The quantitative estimate of drug-likeness (QED) is 0.0261. The number of carbonyl (C=O) groups excluding carboxylic acids is 3. The van der Waals surface area contributed by atoms with Crippen molar-refractivity contribution in [2.45, 2.75) is 348 Å². The highest BCUT2D eigenvalue weighted by molar-refractivity contribution is 5.71. The van der Waals surface area contributed by atoms with Crippen molar-refractivity contribution in [1.29, 1.82) is 0 Å². The van der Waals surface area contributed by atoms with Crippen LogP contribution in [0.4, 0.5) is 0 Å². The maximum atomic E-state index is 12.9. The Labute approximate surface area is 490 Å². The second-order valence-corrected chi connectivity index (χ2v) is 22.7. The highest BCUT2D eigenvalue weighted by atomic mass is 16.6. The summed E-state index contributed by atoms with van der Waals surface area (Å²) >= 11 is 0. The molecule has 0 radical (unpaired) electrons.